The topological polar surface area (TPSA) is 29.5 Å². The molecule has 1 aliphatic heterocycles. The van der Waals surface area contributed by atoms with Gasteiger partial charge in [0.15, 0.2) is 0 Å². The monoisotopic (exact) mass is 210 g/mol. The van der Waals surface area contributed by atoms with Crippen molar-refractivity contribution in [3.63, 3.8) is 0 Å². The molecule has 0 radical (unpaired) electrons. The minimum atomic E-state index is -0.100. The lowest BCUT2D eigenvalue weighted by molar-refractivity contribution is -0.145. The van der Waals surface area contributed by atoms with Crippen LogP contribution in [-0.2, 0) is 4.74 Å². The Bertz CT molecular complexity index is 233. The Morgan fingerprint density at radius 2 is 1.87 bits per heavy atom. The molecule has 3 unspecified atom stereocenters. The summed E-state index contributed by atoms with van der Waals surface area (Å²) in [6.07, 6.45) is 9.68. The molecule has 3 rings (SSSR count). The Morgan fingerprint density at radius 1 is 1.00 bits per heavy atom. The van der Waals surface area contributed by atoms with Gasteiger partial charge in [0.1, 0.15) is 0 Å². The van der Waals surface area contributed by atoms with Crippen LogP contribution in [0.5, 0.6) is 0 Å². The van der Waals surface area contributed by atoms with E-state index in [2.05, 4.69) is 0 Å². The molecule has 1 spiro atoms. The predicted molar refractivity (Wildman–Crippen MR) is 58.6 cm³/mol. The second kappa shape index (κ2) is 3.74. The maximum Gasteiger partial charge on any atom is 0.0709 e. The maximum absolute atomic E-state index is 9.79. The fourth-order valence-electron chi connectivity index (χ4n) is 3.66. The lowest BCUT2D eigenvalue weighted by Crippen LogP contribution is -2.45. The first-order valence-electron chi connectivity index (χ1n) is 6.59. The Balaban J connectivity index is 1.67. The molecule has 15 heavy (non-hydrogen) atoms. The number of ether oxygens (including phenoxy) is 1. The summed E-state index contributed by atoms with van der Waals surface area (Å²) >= 11 is 0. The van der Waals surface area contributed by atoms with Crippen molar-refractivity contribution in [3.8, 4) is 0 Å². The number of aliphatic hydroxyl groups is 1. The van der Waals surface area contributed by atoms with Gasteiger partial charge < -0.3 is 9.84 Å². The smallest absolute Gasteiger partial charge is 0.0709 e. The van der Waals surface area contributed by atoms with Crippen LogP contribution in [0.3, 0.4) is 0 Å². The quantitative estimate of drug-likeness (QED) is 0.720. The normalized spacial score (nSPS) is 47.0. The van der Waals surface area contributed by atoms with Crippen LogP contribution in [0.2, 0.25) is 0 Å². The summed E-state index contributed by atoms with van der Waals surface area (Å²) in [6, 6.07) is 0. The highest BCUT2D eigenvalue weighted by atomic mass is 16.5. The highest BCUT2D eigenvalue weighted by Gasteiger charge is 2.44. The molecular formula is C13H22O2. The van der Waals surface area contributed by atoms with Crippen molar-refractivity contribution in [2.24, 2.45) is 11.8 Å². The van der Waals surface area contributed by atoms with Crippen molar-refractivity contribution in [2.75, 3.05) is 6.61 Å². The molecule has 3 aliphatic rings. The van der Waals surface area contributed by atoms with Crippen LogP contribution in [0.1, 0.15) is 51.4 Å². The Kier molecular flexibility index (Phi) is 2.52. The summed E-state index contributed by atoms with van der Waals surface area (Å²) < 4.78 is 6.02. The molecule has 1 heterocycles. The van der Waals surface area contributed by atoms with Gasteiger partial charge in [-0.3, -0.25) is 0 Å². The molecule has 86 valence electrons. The van der Waals surface area contributed by atoms with Crippen molar-refractivity contribution in [2.45, 2.75) is 63.1 Å². The van der Waals surface area contributed by atoms with Crippen molar-refractivity contribution in [1.29, 1.82) is 0 Å². The van der Waals surface area contributed by atoms with Crippen molar-refractivity contribution >= 4 is 0 Å². The van der Waals surface area contributed by atoms with Gasteiger partial charge in [0.25, 0.3) is 0 Å². The number of aliphatic hydroxyl groups excluding tert-OH is 1. The molecule has 0 aromatic heterocycles. The van der Waals surface area contributed by atoms with Gasteiger partial charge in [0.05, 0.1) is 11.7 Å². The summed E-state index contributed by atoms with van der Waals surface area (Å²) in [5, 5.41) is 9.79. The lowest BCUT2D eigenvalue weighted by atomic mass is 9.72. The molecule has 0 amide bonds. The van der Waals surface area contributed by atoms with Crippen LogP contribution in [-0.4, -0.2) is 23.4 Å². The predicted octanol–water partition coefficient (Wildman–Crippen LogP) is 2.50. The molecule has 2 heteroatoms. The SMILES string of the molecule is OC1CCOC2(CCCC(C3CC3)C2)C1. The van der Waals surface area contributed by atoms with E-state index in [0.29, 0.717) is 0 Å². The zero-order valence-corrected chi connectivity index (χ0v) is 9.45. The van der Waals surface area contributed by atoms with Gasteiger partial charge in [0.2, 0.25) is 0 Å². The molecule has 3 fully saturated rings. The molecule has 1 N–H and O–H groups in total. The van der Waals surface area contributed by atoms with E-state index in [1.54, 1.807) is 0 Å². The van der Waals surface area contributed by atoms with Crippen LogP contribution < -0.4 is 0 Å². The summed E-state index contributed by atoms with van der Waals surface area (Å²) in [5.74, 6) is 1.91. The van der Waals surface area contributed by atoms with Gasteiger partial charge in [0, 0.05) is 13.0 Å². The van der Waals surface area contributed by atoms with Crippen LogP contribution >= 0.6 is 0 Å². The highest BCUT2D eigenvalue weighted by molar-refractivity contribution is 4.96. The summed E-state index contributed by atoms with van der Waals surface area (Å²) in [6.45, 7) is 0.776. The Hall–Kier alpha value is -0.0800. The van der Waals surface area contributed by atoms with Crippen molar-refractivity contribution in [3.05, 3.63) is 0 Å². The Labute approximate surface area is 92.0 Å². The van der Waals surface area contributed by atoms with Crippen LogP contribution in [0.25, 0.3) is 0 Å². The van der Waals surface area contributed by atoms with E-state index < -0.39 is 0 Å². The lowest BCUT2D eigenvalue weighted by Gasteiger charge is -2.45. The van der Waals surface area contributed by atoms with Crippen molar-refractivity contribution in [1.82, 2.24) is 0 Å². The Morgan fingerprint density at radius 3 is 2.60 bits per heavy atom. The molecule has 0 bridgehead atoms. The van der Waals surface area contributed by atoms with Gasteiger partial charge in [-0.25, -0.2) is 0 Å². The van der Waals surface area contributed by atoms with Crippen LogP contribution in [0.15, 0.2) is 0 Å². The summed E-state index contributed by atoms with van der Waals surface area (Å²) in [5.41, 5.74) is 0.0726. The first-order chi connectivity index (χ1) is 7.27. The first-order valence-corrected chi connectivity index (χ1v) is 6.59. The second-order valence-corrected chi connectivity index (χ2v) is 5.87. The zero-order valence-electron chi connectivity index (χ0n) is 9.45. The van der Waals surface area contributed by atoms with E-state index in [4.69, 9.17) is 4.74 Å². The molecule has 0 aromatic rings. The number of hydrogen-bond acceptors (Lipinski definition) is 2. The maximum atomic E-state index is 9.79. The first kappa shape index (κ1) is 10.1. The fourth-order valence-corrected chi connectivity index (χ4v) is 3.66. The average Bonchev–Trinajstić information content (AvgIpc) is 3.00. The van der Waals surface area contributed by atoms with E-state index in [9.17, 15) is 5.11 Å². The average molecular weight is 210 g/mol. The van der Waals surface area contributed by atoms with Gasteiger partial charge in [-0.2, -0.15) is 0 Å². The molecule has 2 nitrogen and oxygen atoms in total. The van der Waals surface area contributed by atoms with Gasteiger partial charge in [-0.05, 0) is 50.4 Å². The molecule has 2 aliphatic carbocycles. The number of hydrogen-bond donors (Lipinski definition) is 1. The van der Waals surface area contributed by atoms with Gasteiger partial charge >= 0.3 is 0 Å². The van der Waals surface area contributed by atoms with E-state index in [0.717, 1.165) is 31.3 Å². The number of rotatable bonds is 1. The van der Waals surface area contributed by atoms with Crippen molar-refractivity contribution < 1.29 is 9.84 Å². The summed E-state index contributed by atoms with van der Waals surface area (Å²) in [4.78, 5) is 0. The fraction of sp³-hybridized carbons (Fsp3) is 1.00. The van der Waals surface area contributed by atoms with Gasteiger partial charge in [-0.1, -0.05) is 6.42 Å². The zero-order chi connectivity index (χ0) is 10.3. The molecule has 3 atom stereocenters. The molecule has 0 aromatic carbocycles. The minimum absolute atomic E-state index is 0.0726. The van der Waals surface area contributed by atoms with E-state index in [1.807, 2.05) is 0 Å². The third-order valence-electron chi connectivity index (χ3n) is 4.60. The molecular weight excluding hydrogens is 188 g/mol. The standard InChI is InChI=1S/C13H22O2/c14-12-5-7-15-13(9-12)6-1-2-11(8-13)10-3-4-10/h10-12,14H,1-9H2. The van der Waals surface area contributed by atoms with Crippen LogP contribution in [0, 0.1) is 11.8 Å². The minimum Gasteiger partial charge on any atom is -0.393 e. The summed E-state index contributed by atoms with van der Waals surface area (Å²) in [7, 11) is 0. The molecule has 1 saturated heterocycles. The highest BCUT2D eigenvalue weighted by Crippen LogP contribution is 2.49. The third-order valence-corrected chi connectivity index (χ3v) is 4.60. The van der Waals surface area contributed by atoms with Gasteiger partial charge in [-0.15, -0.1) is 0 Å². The van der Waals surface area contributed by atoms with Crippen LogP contribution in [0.4, 0.5) is 0 Å². The third kappa shape index (κ3) is 2.07. The second-order valence-electron chi connectivity index (χ2n) is 5.87. The molecule has 2 saturated carbocycles. The van der Waals surface area contributed by atoms with E-state index in [1.165, 1.54) is 38.5 Å². The van der Waals surface area contributed by atoms with E-state index in [-0.39, 0.29) is 11.7 Å². The largest absolute Gasteiger partial charge is 0.393 e. The van der Waals surface area contributed by atoms with E-state index >= 15 is 0 Å².